The molecule has 402 valence electrons. The molecule has 0 spiro atoms. The quantitative estimate of drug-likeness (QED) is 0.0456. The van der Waals surface area contributed by atoms with E-state index in [0.29, 0.717) is 48.7 Å². The van der Waals surface area contributed by atoms with E-state index in [4.69, 9.17) is 9.72 Å². The van der Waals surface area contributed by atoms with Gasteiger partial charge in [0.15, 0.2) is 5.82 Å². The second kappa shape index (κ2) is 23.3. The Morgan fingerprint density at radius 2 is 1.45 bits per heavy atom. The van der Waals surface area contributed by atoms with Crippen LogP contribution in [0.1, 0.15) is 69.7 Å². The van der Waals surface area contributed by atoms with Crippen LogP contribution in [0, 0.1) is 34.3 Å². The van der Waals surface area contributed by atoms with Gasteiger partial charge in [-0.2, -0.15) is 13.2 Å². The van der Waals surface area contributed by atoms with Gasteiger partial charge in [-0.3, -0.25) is 19.9 Å². The summed E-state index contributed by atoms with van der Waals surface area (Å²) in [5.41, 5.74) is -0.577. The summed E-state index contributed by atoms with van der Waals surface area (Å²) in [5.74, 6) is 2.41. The highest BCUT2D eigenvalue weighted by molar-refractivity contribution is 5.87. The molecule has 0 radical (unpaired) electrons. The van der Waals surface area contributed by atoms with Gasteiger partial charge in [0.2, 0.25) is 5.91 Å². The standard InChI is InChI=1S/C52H61F5N10O8/c1-50(2,3)43(62-48(71)72)47(70)64-66(26-37-38(53)21-33(22-39(37)54)45-58-18-7-19-59-45)27-41(68)40(61-46(69)44(63-49(73)74-6)51(4,5)52(55,56)57)20-31-11-8-30(9-12-31)10-13-32-14-17-42(60-23-32)65-24-34-15-16-35(25-65)67(34)36-28-75-29-36/h7-9,11-12,14,17-19,21-23,34-36,40-41,43-44,62,68H,15-16,20,24-29H2,1-6H3,(H,61,69)(H,63,73)(H,64,70)(H,71,72). The first-order chi connectivity index (χ1) is 35.4. The Kier molecular flexibility index (Phi) is 17.3. The van der Waals surface area contributed by atoms with E-state index >= 15 is 8.78 Å². The molecule has 4 amide bonds. The summed E-state index contributed by atoms with van der Waals surface area (Å²) in [6, 6.07) is 9.83. The second-order valence-corrected chi connectivity index (χ2v) is 20.6. The number of anilines is 1. The molecule has 6 unspecified atom stereocenters. The van der Waals surface area contributed by atoms with Crippen LogP contribution in [0.25, 0.3) is 11.4 Å². The van der Waals surface area contributed by atoms with Crippen LogP contribution < -0.4 is 26.3 Å². The van der Waals surface area contributed by atoms with Gasteiger partial charge in [-0.05, 0) is 86.6 Å². The number of alkyl carbamates (subject to hydrolysis) is 1. The fourth-order valence-corrected chi connectivity index (χ4v) is 9.39. The lowest BCUT2D eigenvalue weighted by Crippen LogP contribution is -2.63. The van der Waals surface area contributed by atoms with E-state index in [9.17, 15) is 42.6 Å². The maximum atomic E-state index is 15.9. The average molecular weight is 1050 g/mol. The number of fused-ring (bicyclic) bond motifs is 2. The number of rotatable bonds is 17. The number of carboxylic acid groups (broad SMARTS) is 1. The van der Waals surface area contributed by atoms with Crippen molar-refractivity contribution < 1.29 is 60.8 Å². The fourth-order valence-electron chi connectivity index (χ4n) is 9.39. The third-order valence-electron chi connectivity index (χ3n) is 13.8. The SMILES string of the molecule is COC(=O)NC(C(=O)NC(Cc1ccc(C#Cc2ccc(N3CC4CCC(C3)N4C3COC3)nc2)cc1)C(O)CN(Cc1c(F)cc(-c2ncccn2)cc1F)NC(=O)C(NC(=O)O)C(C)(C)C)C(C)(C)C(F)(F)F. The van der Waals surface area contributed by atoms with Gasteiger partial charge in [0.25, 0.3) is 5.91 Å². The van der Waals surface area contributed by atoms with Crippen LogP contribution in [-0.4, -0.2) is 148 Å². The third-order valence-corrected chi connectivity index (χ3v) is 13.8. The van der Waals surface area contributed by atoms with Crippen LogP contribution in [-0.2, 0) is 32.0 Å². The number of alkyl halides is 3. The van der Waals surface area contributed by atoms with E-state index in [1.54, 1.807) is 51.2 Å². The minimum Gasteiger partial charge on any atom is -0.465 e. The molecule has 3 saturated heterocycles. The van der Waals surface area contributed by atoms with Crippen LogP contribution in [0.4, 0.5) is 37.4 Å². The maximum Gasteiger partial charge on any atom is 0.407 e. The molecule has 18 nitrogen and oxygen atoms in total. The number of hydrogen-bond donors (Lipinski definition) is 6. The van der Waals surface area contributed by atoms with Crippen LogP contribution in [0.3, 0.4) is 0 Å². The fraction of sp³-hybridized carbons (Fsp3) is 0.481. The van der Waals surface area contributed by atoms with Crippen molar-refractivity contribution in [2.75, 3.05) is 44.9 Å². The van der Waals surface area contributed by atoms with Crippen molar-refractivity contribution in [3.05, 3.63) is 107 Å². The molecule has 75 heavy (non-hydrogen) atoms. The number of nitrogens with zero attached hydrogens (tertiary/aromatic N) is 6. The number of amides is 4. The summed E-state index contributed by atoms with van der Waals surface area (Å²) in [4.78, 5) is 69.8. The molecule has 3 aliphatic rings. The molecule has 4 aromatic rings. The molecule has 7 rings (SSSR count). The Balaban J connectivity index is 1.15. The molecular formula is C52H61F5N10O8. The average Bonchev–Trinajstić information content (AvgIpc) is 3.57. The first-order valence-electron chi connectivity index (χ1n) is 24.3. The van der Waals surface area contributed by atoms with Gasteiger partial charge >= 0.3 is 18.4 Å². The number of pyridine rings is 1. The van der Waals surface area contributed by atoms with Crippen molar-refractivity contribution in [3.8, 4) is 23.2 Å². The molecule has 0 saturated carbocycles. The molecule has 2 aromatic carbocycles. The lowest BCUT2D eigenvalue weighted by molar-refractivity contribution is -0.220. The molecule has 2 aromatic heterocycles. The predicted octanol–water partition coefficient (Wildman–Crippen LogP) is 5.19. The van der Waals surface area contributed by atoms with Gasteiger partial charge in [0, 0.05) is 79.1 Å². The predicted molar refractivity (Wildman–Crippen MR) is 263 cm³/mol. The number of hydrazine groups is 1. The number of aliphatic hydroxyl groups excluding tert-OH is 1. The minimum absolute atomic E-state index is 0.00320. The molecule has 2 bridgehead atoms. The zero-order valence-electron chi connectivity index (χ0n) is 42.3. The Labute approximate surface area is 430 Å². The number of nitrogens with one attached hydrogen (secondary N) is 4. The number of carbonyl (C=O) groups is 4. The smallest absolute Gasteiger partial charge is 0.407 e. The highest BCUT2D eigenvalue weighted by atomic mass is 19.4. The second-order valence-electron chi connectivity index (χ2n) is 20.6. The first-order valence-corrected chi connectivity index (χ1v) is 24.3. The normalized spacial score (nSPS) is 18.7. The van der Waals surface area contributed by atoms with Crippen LogP contribution in [0.5, 0.6) is 0 Å². The van der Waals surface area contributed by atoms with Gasteiger partial charge in [0.05, 0.1) is 43.9 Å². The van der Waals surface area contributed by atoms with Gasteiger partial charge < -0.3 is 40.5 Å². The van der Waals surface area contributed by atoms with E-state index in [2.05, 4.69) is 52.4 Å². The highest BCUT2D eigenvalue weighted by Gasteiger charge is 2.56. The third kappa shape index (κ3) is 13.7. The Bertz CT molecular complexity index is 2700. The van der Waals surface area contributed by atoms with Crippen molar-refractivity contribution in [1.82, 2.24) is 46.2 Å². The zero-order chi connectivity index (χ0) is 54.4. The number of aromatic nitrogens is 3. The number of piperazine rings is 1. The molecule has 6 atom stereocenters. The summed E-state index contributed by atoms with van der Waals surface area (Å²) in [5, 5.41) is 29.1. The van der Waals surface area contributed by atoms with E-state index in [1.807, 2.05) is 17.4 Å². The number of carbonyl (C=O) groups excluding carboxylic acids is 3. The van der Waals surface area contributed by atoms with Crippen LogP contribution in [0.15, 0.2) is 73.2 Å². The van der Waals surface area contributed by atoms with Gasteiger partial charge in [-0.15, -0.1) is 0 Å². The van der Waals surface area contributed by atoms with Gasteiger partial charge in [-0.25, -0.2) is 38.3 Å². The van der Waals surface area contributed by atoms with E-state index in [-0.39, 0.29) is 17.8 Å². The Morgan fingerprint density at radius 3 is 1.99 bits per heavy atom. The molecule has 3 aliphatic heterocycles. The number of ether oxygens (including phenoxy) is 2. The number of benzene rings is 2. The summed E-state index contributed by atoms with van der Waals surface area (Å²) < 4.78 is 85.5. The van der Waals surface area contributed by atoms with Crippen molar-refractivity contribution >= 4 is 29.8 Å². The van der Waals surface area contributed by atoms with Crippen molar-refractivity contribution in [2.45, 2.75) is 109 Å². The zero-order valence-corrected chi connectivity index (χ0v) is 42.3. The van der Waals surface area contributed by atoms with Crippen molar-refractivity contribution in [2.24, 2.45) is 10.8 Å². The van der Waals surface area contributed by atoms with E-state index < -0.39 is 95.5 Å². The van der Waals surface area contributed by atoms with Crippen molar-refractivity contribution in [1.29, 1.82) is 0 Å². The lowest BCUT2D eigenvalue weighted by atomic mass is 9.82. The maximum absolute atomic E-state index is 15.9. The van der Waals surface area contributed by atoms with Gasteiger partial charge in [0.1, 0.15) is 29.5 Å². The molecular weight excluding hydrogens is 988 g/mol. The topological polar surface area (TPSA) is 224 Å². The summed E-state index contributed by atoms with van der Waals surface area (Å²) >= 11 is 0. The van der Waals surface area contributed by atoms with Crippen LogP contribution in [0.2, 0.25) is 0 Å². The highest BCUT2D eigenvalue weighted by Crippen LogP contribution is 2.41. The molecule has 0 aliphatic carbocycles. The summed E-state index contributed by atoms with van der Waals surface area (Å²) in [6.45, 7) is 7.77. The molecule has 3 fully saturated rings. The number of methoxy groups -OCH3 is 1. The largest absolute Gasteiger partial charge is 0.465 e. The summed E-state index contributed by atoms with van der Waals surface area (Å²) in [6.07, 6.45) is -3.44. The molecule has 5 heterocycles. The monoisotopic (exact) mass is 1050 g/mol. The van der Waals surface area contributed by atoms with Crippen molar-refractivity contribution in [3.63, 3.8) is 0 Å². The molecule has 23 heteroatoms. The number of aliphatic hydroxyl groups is 1. The van der Waals surface area contributed by atoms with E-state index in [1.165, 1.54) is 18.5 Å². The summed E-state index contributed by atoms with van der Waals surface area (Å²) in [7, 11) is 0.893. The minimum atomic E-state index is -5.06. The molecule has 6 N–H and O–H groups in total. The van der Waals surface area contributed by atoms with E-state index in [0.717, 1.165) is 69.2 Å². The Morgan fingerprint density at radius 1 is 0.840 bits per heavy atom. The number of halogens is 5. The lowest BCUT2D eigenvalue weighted by Gasteiger charge is -2.47. The first kappa shape index (κ1) is 55.7. The number of hydrogen-bond acceptors (Lipinski definition) is 13. The Hall–Kier alpha value is -7.00. The van der Waals surface area contributed by atoms with Crippen LogP contribution >= 0.6 is 0 Å². The van der Waals surface area contributed by atoms with Gasteiger partial charge in [-0.1, -0.05) is 44.7 Å².